The van der Waals surface area contributed by atoms with Crippen molar-refractivity contribution in [2.24, 2.45) is 23.7 Å². The Balaban J connectivity index is 1.37. The number of aryl methyl sites for hydroxylation is 2. The van der Waals surface area contributed by atoms with Crippen LogP contribution >= 0.6 is 0 Å². The summed E-state index contributed by atoms with van der Waals surface area (Å²) in [5, 5.41) is 0. The summed E-state index contributed by atoms with van der Waals surface area (Å²) in [6.07, 6.45) is 4.89. The van der Waals surface area contributed by atoms with E-state index in [0.717, 1.165) is 22.4 Å². The summed E-state index contributed by atoms with van der Waals surface area (Å²) in [4.78, 5) is 52.9. The lowest BCUT2D eigenvalue weighted by Crippen LogP contribution is -2.34. The quantitative estimate of drug-likeness (QED) is 0.314. The maximum Gasteiger partial charge on any atom is 0.340 e. The molecule has 1 saturated carbocycles. The Hall–Kier alpha value is -3.54. The van der Waals surface area contributed by atoms with E-state index >= 15 is 0 Å². The first-order chi connectivity index (χ1) is 15.4. The van der Waals surface area contributed by atoms with E-state index in [1.165, 1.54) is 6.07 Å². The second-order valence-corrected chi connectivity index (χ2v) is 8.85. The number of hydrogen-bond donors (Lipinski definition) is 0. The Morgan fingerprint density at radius 1 is 0.938 bits per heavy atom. The molecule has 4 atom stereocenters. The van der Waals surface area contributed by atoms with Gasteiger partial charge in [-0.1, -0.05) is 42.0 Å². The van der Waals surface area contributed by atoms with Crippen LogP contribution in [0.3, 0.4) is 0 Å². The number of carbonyl (C=O) groups excluding carboxylic acids is 4. The molecule has 2 aliphatic carbocycles. The molecule has 2 fully saturated rings. The van der Waals surface area contributed by atoms with E-state index in [1.54, 1.807) is 24.3 Å². The number of fused-ring (bicyclic) bond motifs is 5. The minimum Gasteiger partial charge on any atom is -0.454 e. The average Bonchev–Trinajstić information content (AvgIpc) is 3.47. The fourth-order valence-electron chi connectivity index (χ4n) is 5.30. The molecule has 32 heavy (non-hydrogen) atoms. The van der Waals surface area contributed by atoms with Crippen LogP contribution in [-0.2, 0) is 14.3 Å². The lowest BCUT2D eigenvalue weighted by Gasteiger charge is -2.20. The number of anilines is 1. The van der Waals surface area contributed by atoms with Gasteiger partial charge in [0.1, 0.15) is 0 Å². The van der Waals surface area contributed by atoms with Crippen molar-refractivity contribution in [3.63, 3.8) is 0 Å². The summed E-state index contributed by atoms with van der Waals surface area (Å²) in [6.45, 7) is 3.30. The Bertz CT molecular complexity index is 1170. The third-order valence-corrected chi connectivity index (χ3v) is 6.86. The number of ether oxygens (including phenoxy) is 1. The van der Waals surface area contributed by atoms with E-state index in [0.29, 0.717) is 5.56 Å². The number of nitrogens with zero attached hydrogens (tertiary/aromatic N) is 1. The molecule has 4 unspecified atom stereocenters. The van der Waals surface area contributed by atoms with Gasteiger partial charge >= 0.3 is 5.97 Å². The van der Waals surface area contributed by atoms with E-state index in [9.17, 15) is 19.2 Å². The second kappa shape index (κ2) is 7.55. The third kappa shape index (κ3) is 3.09. The molecule has 2 amide bonds. The van der Waals surface area contributed by atoms with Gasteiger partial charge in [-0.25, -0.2) is 9.69 Å². The molecule has 1 aliphatic heterocycles. The molecule has 0 aromatic heterocycles. The van der Waals surface area contributed by atoms with Crippen LogP contribution in [-0.4, -0.2) is 30.2 Å². The van der Waals surface area contributed by atoms with Crippen LogP contribution in [0.1, 0.15) is 38.3 Å². The SMILES string of the molecule is Cc1ccc(C)c(C(=O)COC(=O)c2ccccc2N2C(=O)C3C4C=CC(C4)C3C2=O)c1. The molecular weight excluding hydrogens is 406 g/mol. The molecule has 0 spiro atoms. The van der Waals surface area contributed by atoms with Gasteiger partial charge in [-0.15, -0.1) is 0 Å². The van der Waals surface area contributed by atoms with Crippen LogP contribution in [0.5, 0.6) is 0 Å². The minimum absolute atomic E-state index is 0.0840. The Kier molecular flexibility index (Phi) is 4.81. The van der Waals surface area contributed by atoms with Crippen LogP contribution in [0.2, 0.25) is 0 Å². The third-order valence-electron chi connectivity index (χ3n) is 6.86. The highest BCUT2D eigenvalue weighted by Crippen LogP contribution is 2.53. The van der Waals surface area contributed by atoms with Gasteiger partial charge in [0.2, 0.25) is 17.6 Å². The smallest absolute Gasteiger partial charge is 0.340 e. The first kappa shape index (κ1) is 20.4. The normalized spacial score (nSPS) is 25.4. The van der Waals surface area contributed by atoms with E-state index < -0.39 is 12.6 Å². The highest BCUT2D eigenvalue weighted by Gasteiger charge is 2.59. The number of benzene rings is 2. The van der Waals surface area contributed by atoms with E-state index in [2.05, 4.69) is 0 Å². The van der Waals surface area contributed by atoms with Crippen molar-refractivity contribution >= 4 is 29.3 Å². The van der Waals surface area contributed by atoms with Crippen LogP contribution in [0.4, 0.5) is 5.69 Å². The van der Waals surface area contributed by atoms with Gasteiger partial charge in [0.15, 0.2) is 6.61 Å². The van der Waals surface area contributed by atoms with Crippen molar-refractivity contribution in [3.8, 4) is 0 Å². The van der Waals surface area contributed by atoms with Gasteiger partial charge in [-0.3, -0.25) is 14.4 Å². The molecular formula is C26H23NO5. The Labute approximate surface area is 185 Å². The molecule has 3 aliphatic rings. The van der Waals surface area contributed by atoms with Crippen molar-refractivity contribution in [1.82, 2.24) is 0 Å². The fourth-order valence-corrected chi connectivity index (χ4v) is 5.30. The zero-order valence-electron chi connectivity index (χ0n) is 17.9. The van der Waals surface area contributed by atoms with Crippen LogP contribution < -0.4 is 4.90 Å². The maximum absolute atomic E-state index is 13.1. The van der Waals surface area contributed by atoms with Gasteiger partial charge < -0.3 is 4.74 Å². The minimum atomic E-state index is -0.738. The number of rotatable bonds is 5. The highest BCUT2D eigenvalue weighted by atomic mass is 16.5. The Morgan fingerprint density at radius 2 is 1.59 bits per heavy atom. The largest absolute Gasteiger partial charge is 0.454 e. The molecule has 6 heteroatoms. The number of esters is 1. The predicted octanol–water partition coefficient (Wildman–Crippen LogP) is 3.65. The van der Waals surface area contributed by atoms with Gasteiger partial charge in [0.05, 0.1) is 23.1 Å². The van der Waals surface area contributed by atoms with Gasteiger partial charge in [0, 0.05) is 5.56 Å². The number of amides is 2. The predicted molar refractivity (Wildman–Crippen MR) is 117 cm³/mol. The fraction of sp³-hybridized carbons (Fsp3) is 0.308. The molecule has 6 nitrogen and oxygen atoms in total. The zero-order valence-corrected chi connectivity index (χ0v) is 17.9. The number of Topliss-reactive ketones (excluding diaryl/α,β-unsaturated/α-hetero) is 1. The van der Waals surface area contributed by atoms with Crippen molar-refractivity contribution in [1.29, 1.82) is 0 Å². The standard InChI is InChI=1S/C26H23NO5/c1-14-7-8-15(2)19(11-14)21(28)13-32-26(31)18-5-3-4-6-20(18)27-24(29)22-16-9-10-17(12-16)23(22)25(27)30/h3-11,16-17,22-23H,12-13H2,1-2H3. The number of hydrogen-bond acceptors (Lipinski definition) is 5. The first-order valence-electron chi connectivity index (χ1n) is 10.8. The van der Waals surface area contributed by atoms with Crippen LogP contribution in [0.15, 0.2) is 54.6 Å². The van der Waals surface area contributed by atoms with Crippen molar-refractivity contribution in [2.45, 2.75) is 20.3 Å². The van der Waals surface area contributed by atoms with Crippen LogP contribution in [0, 0.1) is 37.5 Å². The summed E-state index contributed by atoms with van der Waals surface area (Å²) >= 11 is 0. The molecule has 2 aromatic carbocycles. The summed E-state index contributed by atoms with van der Waals surface area (Å²) in [6, 6.07) is 11.9. The van der Waals surface area contributed by atoms with Gasteiger partial charge in [-0.05, 0) is 55.9 Å². The summed E-state index contributed by atoms with van der Waals surface area (Å²) in [7, 11) is 0. The molecule has 1 saturated heterocycles. The molecule has 0 N–H and O–H groups in total. The van der Waals surface area contributed by atoms with Gasteiger partial charge in [0.25, 0.3) is 0 Å². The van der Waals surface area contributed by atoms with E-state index in [1.807, 2.05) is 38.1 Å². The van der Waals surface area contributed by atoms with E-state index in [4.69, 9.17) is 4.74 Å². The summed E-state index contributed by atoms with van der Waals surface area (Å²) in [5.41, 5.74) is 2.58. The topological polar surface area (TPSA) is 80.8 Å². The number of ketones is 1. The molecule has 0 radical (unpaired) electrons. The van der Waals surface area contributed by atoms with E-state index in [-0.39, 0.29) is 52.5 Å². The lowest BCUT2D eigenvalue weighted by molar-refractivity contribution is -0.123. The molecule has 2 bridgehead atoms. The lowest BCUT2D eigenvalue weighted by atomic mass is 9.85. The molecule has 162 valence electrons. The highest BCUT2D eigenvalue weighted by molar-refractivity contribution is 6.24. The summed E-state index contributed by atoms with van der Waals surface area (Å²) < 4.78 is 5.31. The van der Waals surface area contributed by atoms with Gasteiger partial charge in [-0.2, -0.15) is 0 Å². The summed E-state index contributed by atoms with van der Waals surface area (Å²) in [5.74, 6) is -2.10. The first-order valence-corrected chi connectivity index (χ1v) is 10.8. The number of imide groups is 1. The van der Waals surface area contributed by atoms with Crippen molar-refractivity contribution < 1.29 is 23.9 Å². The zero-order chi connectivity index (χ0) is 22.6. The van der Waals surface area contributed by atoms with Crippen LogP contribution in [0.25, 0.3) is 0 Å². The van der Waals surface area contributed by atoms with Crippen molar-refractivity contribution in [2.75, 3.05) is 11.5 Å². The monoisotopic (exact) mass is 429 g/mol. The van der Waals surface area contributed by atoms with Crippen molar-refractivity contribution in [3.05, 3.63) is 76.9 Å². The molecule has 5 rings (SSSR count). The number of allylic oxidation sites excluding steroid dienone is 2. The molecule has 1 heterocycles. The number of carbonyl (C=O) groups is 4. The number of para-hydroxylation sites is 1. The maximum atomic E-state index is 13.1. The Morgan fingerprint density at radius 3 is 2.28 bits per heavy atom. The second-order valence-electron chi connectivity index (χ2n) is 8.85. The molecule has 2 aromatic rings. The average molecular weight is 429 g/mol.